The van der Waals surface area contributed by atoms with Gasteiger partial charge >= 0.3 is 6.03 Å². The van der Waals surface area contributed by atoms with E-state index < -0.39 is 0 Å². The molecule has 8 heteroatoms. The first-order valence-corrected chi connectivity index (χ1v) is 10.0. The molecule has 2 aliphatic heterocycles. The average molecular weight is 378 g/mol. The third kappa shape index (κ3) is 4.55. The second-order valence-corrected chi connectivity index (χ2v) is 8.08. The highest BCUT2D eigenvalue weighted by molar-refractivity contribution is 7.13. The second kappa shape index (κ2) is 8.53. The van der Waals surface area contributed by atoms with Crippen molar-refractivity contribution >= 4 is 29.2 Å². The zero-order valence-electron chi connectivity index (χ0n) is 15.2. The summed E-state index contributed by atoms with van der Waals surface area (Å²) in [5.74, 6) is -0.313. The molecule has 3 rings (SSSR count). The summed E-state index contributed by atoms with van der Waals surface area (Å²) in [5.41, 5.74) is 0. The molecule has 2 fully saturated rings. The van der Waals surface area contributed by atoms with Gasteiger partial charge in [0.15, 0.2) is 0 Å². The van der Waals surface area contributed by atoms with E-state index in [9.17, 15) is 14.4 Å². The number of carbonyl (C=O) groups excluding carboxylic acids is 3. The van der Waals surface area contributed by atoms with Gasteiger partial charge in [-0.25, -0.2) is 4.79 Å². The van der Waals surface area contributed by atoms with Gasteiger partial charge in [-0.15, -0.1) is 11.3 Å². The molecule has 0 radical (unpaired) electrons. The minimum absolute atomic E-state index is 0.00411. The maximum atomic E-state index is 12.5. The number of thiophene rings is 1. The molecule has 142 valence electrons. The Morgan fingerprint density at radius 2 is 1.54 bits per heavy atom. The largest absolute Gasteiger partial charge is 0.342 e. The zero-order chi connectivity index (χ0) is 18.5. The molecule has 3 heterocycles. The minimum Gasteiger partial charge on any atom is -0.342 e. The van der Waals surface area contributed by atoms with E-state index >= 15 is 0 Å². The lowest BCUT2D eigenvalue weighted by Gasteiger charge is -2.38. The summed E-state index contributed by atoms with van der Waals surface area (Å²) in [5, 5.41) is 2.69. The maximum absolute atomic E-state index is 12.5. The van der Waals surface area contributed by atoms with Gasteiger partial charge in [0.25, 0.3) is 5.91 Å². The average Bonchev–Trinajstić information content (AvgIpc) is 3.12. The quantitative estimate of drug-likeness (QED) is 0.867. The lowest BCUT2D eigenvalue weighted by atomic mass is 10.1. The van der Waals surface area contributed by atoms with Crippen LogP contribution < -0.4 is 5.32 Å². The van der Waals surface area contributed by atoms with Gasteiger partial charge in [-0.1, -0.05) is 0 Å². The van der Waals surface area contributed by atoms with E-state index in [1.807, 2.05) is 22.8 Å². The zero-order valence-corrected chi connectivity index (χ0v) is 16.0. The van der Waals surface area contributed by atoms with E-state index in [1.165, 1.54) is 17.8 Å². The summed E-state index contributed by atoms with van der Waals surface area (Å²) in [6, 6.07) is 3.75. The van der Waals surface area contributed by atoms with Crippen LogP contribution in [0.15, 0.2) is 12.1 Å². The van der Waals surface area contributed by atoms with Crippen molar-refractivity contribution in [3.05, 3.63) is 21.9 Å². The van der Waals surface area contributed by atoms with Crippen LogP contribution in [0.2, 0.25) is 0 Å². The van der Waals surface area contributed by atoms with Gasteiger partial charge in [0.1, 0.15) is 0 Å². The Morgan fingerprint density at radius 1 is 0.923 bits per heavy atom. The predicted octanol–water partition coefficient (Wildman–Crippen LogP) is 1.54. The lowest BCUT2D eigenvalue weighted by Crippen LogP contribution is -2.55. The number of nitrogens with one attached hydrogen (secondary N) is 1. The van der Waals surface area contributed by atoms with Gasteiger partial charge in [0.05, 0.1) is 11.4 Å². The fourth-order valence-corrected chi connectivity index (χ4v) is 4.13. The van der Waals surface area contributed by atoms with Crippen molar-refractivity contribution in [2.24, 2.45) is 0 Å². The number of hydrogen-bond acceptors (Lipinski definition) is 4. The normalized spacial score (nSPS) is 18.0. The summed E-state index contributed by atoms with van der Waals surface area (Å²) in [6.07, 6.45) is 3.35. The molecule has 0 unspecified atom stereocenters. The lowest BCUT2D eigenvalue weighted by molar-refractivity contribution is -0.131. The van der Waals surface area contributed by atoms with Crippen molar-refractivity contribution < 1.29 is 14.4 Å². The van der Waals surface area contributed by atoms with Crippen LogP contribution >= 0.6 is 11.3 Å². The minimum atomic E-state index is -0.213. The van der Waals surface area contributed by atoms with E-state index in [0.717, 1.165) is 30.8 Å². The van der Waals surface area contributed by atoms with Crippen molar-refractivity contribution in [1.82, 2.24) is 20.0 Å². The first-order valence-electron chi connectivity index (χ1n) is 9.21. The number of carbonyl (C=O) groups is 3. The number of piperidine rings is 1. The Hall–Kier alpha value is -2.09. The number of nitrogens with zero attached hydrogens (tertiary/aromatic N) is 3. The van der Waals surface area contributed by atoms with Crippen LogP contribution in [0.1, 0.15) is 33.8 Å². The number of amides is 4. The maximum Gasteiger partial charge on any atom is 0.320 e. The van der Waals surface area contributed by atoms with Gasteiger partial charge < -0.3 is 20.0 Å². The number of hydrogen-bond donors (Lipinski definition) is 1. The standard InChI is InChI=1S/C18H26N4O3S/c1-14-5-6-15(26-14)17(24)19-13-16(23)20-9-11-22(12-10-20)18(25)21-7-3-2-4-8-21/h5-6H,2-4,7-13H2,1H3,(H,19,24). The first-order chi connectivity index (χ1) is 12.5. The summed E-state index contributed by atoms with van der Waals surface area (Å²) in [6.45, 7) is 5.77. The first kappa shape index (κ1) is 18.7. The highest BCUT2D eigenvalue weighted by Crippen LogP contribution is 2.15. The predicted molar refractivity (Wildman–Crippen MR) is 100 cm³/mol. The van der Waals surface area contributed by atoms with Gasteiger partial charge in [0.2, 0.25) is 5.91 Å². The topological polar surface area (TPSA) is 73.0 Å². The third-order valence-electron chi connectivity index (χ3n) is 4.89. The van der Waals surface area contributed by atoms with Crippen molar-refractivity contribution in [2.75, 3.05) is 45.8 Å². The number of piperazine rings is 1. The molecule has 26 heavy (non-hydrogen) atoms. The molecule has 0 bridgehead atoms. The van der Waals surface area contributed by atoms with Gasteiger partial charge in [-0.3, -0.25) is 9.59 Å². The number of aryl methyl sites for hydroxylation is 1. The smallest absolute Gasteiger partial charge is 0.320 e. The van der Waals surface area contributed by atoms with Gasteiger partial charge in [-0.05, 0) is 38.3 Å². The van der Waals surface area contributed by atoms with E-state index in [1.54, 1.807) is 11.0 Å². The highest BCUT2D eigenvalue weighted by atomic mass is 32.1. The fraction of sp³-hybridized carbons (Fsp3) is 0.611. The third-order valence-corrected chi connectivity index (χ3v) is 5.89. The highest BCUT2D eigenvalue weighted by Gasteiger charge is 2.27. The summed E-state index contributed by atoms with van der Waals surface area (Å²) in [4.78, 5) is 44.0. The van der Waals surface area contributed by atoms with Gasteiger partial charge in [-0.2, -0.15) is 0 Å². The van der Waals surface area contributed by atoms with Crippen LogP contribution in [0.3, 0.4) is 0 Å². The monoisotopic (exact) mass is 378 g/mol. The van der Waals surface area contributed by atoms with Crippen molar-refractivity contribution in [3.8, 4) is 0 Å². The van der Waals surface area contributed by atoms with E-state index in [4.69, 9.17) is 0 Å². The Bertz CT molecular complexity index is 661. The fourth-order valence-electron chi connectivity index (χ4n) is 3.34. The summed E-state index contributed by atoms with van der Waals surface area (Å²) in [7, 11) is 0. The van der Waals surface area contributed by atoms with Crippen LogP contribution in [0.4, 0.5) is 4.79 Å². The van der Waals surface area contributed by atoms with Crippen molar-refractivity contribution in [3.63, 3.8) is 0 Å². The van der Waals surface area contributed by atoms with Crippen LogP contribution in [0.25, 0.3) is 0 Å². The number of rotatable bonds is 3. The van der Waals surface area contributed by atoms with Crippen LogP contribution in [-0.2, 0) is 4.79 Å². The second-order valence-electron chi connectivity index (χ2n) is 6.79. The van der Waals surface area contributed by atoms with Crippen molar-refractivity contribution in [2.45, 2.75) is 26.2 Å². The number of urea groups is 1. The van der Waals surface area contributed by atoms with Gasteiger partial charge in [0, 0.05) is 44.1 Å². The van der Waals surface area contributed by atoms with E-state index in [2.05, 4.69) is 5.32 Å². The molecule has 2 aliphatic rings. The van der Waals surface area contributed by atoms with Crippen molar-refractivity contribution in [1.29, 1.82) is 0 Å². The Balaban J connectivity index is 1.41. The van der Waals surface area contributed by atoms with E-state index in [-0.39, 0.29) is 24.4 Å². The molecule has 7 nitrogen and oxygen atoms in total. The molecule has 0 aromatic carbocycles. The molecule has 0 atom stereocenters. The molecule has 0 saturated carbocycles. The van der Waals surface area contributed by atoms with Crippen LogP contribution in [0.5, 0.6) is 0 Å². The number of likely N-dealkylation sites (tertiary alicyclic amines) is 1. The molecule has 4 amide bonds. The molecular weight excluding hydrogens is 352 g/mol. The molecule has 2 saturated heterocycles. The van der Waals surface area contributed by atoms with Crippen LogP contribution in [-0.4, -0.2) is 78.4 Å². The molecule has 0 aliphatic carbocycles. The summed E-state index contributed by atoms with van der Waals surface area (Å²) >= 11 is 1.41. The Morgan fingerprint density at radius 3 is 2.15 bits per heavy atom. The molecule has 1 N–H and O–H groups in total. The SMILES string of the molecule is Cc1ccc(C(=O)NCC(=O)N2CCN(C(=O)N3CCCCC3)CC2)s1. The molecule has 1 aromatic rings. The van der Waals surface area contributed by atoms with E-state index in [0.29, 0.717) is 31.1 Å². The Kier molecular flexibility index (Phi) is 6.13. The van der Waals surface area contributed by atoms with Crippen LogP contribution in [0, 0.1) is 6.92 Å². The molecular formula is C18H26N4O3S. The Labute approximate surface area is 157 Å². The molecule has 1 aromatic heterocycles. The summed E-state index contributed by atoms with van der Waals surface area (Å²) < 4.78 is 0. The molecule has 0 spiro atoms.